The van der Waals surface area contributed by atoms with E-state index in [-0.39, 0.29) is 6.04 Å². The molecular weight excluding hydrogens is 316 g/mol. The highest BCUT2D eigenvalue weighted by Crippen LogP contribution is 2.36. The maximum Gasteiger partial charge on any atom is 0.0779 e. The van der Waals surface area contributed by atoms with E-state index in [1.165, 1.54) is 35.0 Å². The Bertz CT molecular complexity index is 478. The molecular formula is C16H23BrN2O. The summed E-state index contributed by atoms with van der Waals surface area (Å²) >= 11 is 3.75. The number of fused-ring (bicyclic) bond motifs is 1. The molecule has 1 aromatic carbocycles. The molecule has 110 valence electrons. The van der Waals surface area contributed by atoms with Crippen molar-refractivity contribution in [2.24, 2.45) is 5.73 Å². The summed E-state index contributed by atoms with van der Waals surface area (Å²) in [5, 5.41) is 0. The van der Waals surface area contributed by atoms with E-state index in [0.717, 1.165) is 19.6 Å². The zero-order valence-electron chi connectivity index (χ0n) is 12.0. The number of morpholine rings is 1. The molecule has 1 aliphatic heterocycles. The Morgan fingerprint density at radius 3 is 3.05 bits per heavy atom. The van der Waals surface area contributed by atoms with Crippen LogP contribution in [-0.4, -0.2) is 31.3 Å². The third kappa shape index (κ3) is 2.87. The van der Waals surface area contributed by atoms with Gasteiger partial charge in [0, 0.05) is 17.1 Å². The minimum atomic E-state index is 0.204. The highest BCUT2D eigenvalue weighted by Gasteiger charge is 2.36. The lowest BCUT2D eigenvalue weighted by Gasteiger charge is -2.40. The molecule has 3 rings (SSSR count). The van der Waals surface area contributed by atoms with Crippen LogP contribution in [0.25, 0.3) is 0 Å². The number of benzene rings is 1. The van der Waals surface area contributed by atoms with Crippen molar-refractivity contribution in [1.29, 1.82) is 0 Å². The Morgan fingerprint density at radius 2 is 2.30 bits per heavy atom. The van der Waals surface area contributed by atoms with Gasteiger partial charge in [0.25, 0.3) is 0 Å². The SMILES string of the molecule is CC(N)Cc1ccc(N2CCOC3CCCC32)c(Br)c1. The Labute approximate surface area is 129 Å². The highest BCUT2D eigenvalue weighted by atomic mass is 79.9. The lowest BCUT2D eigenvalue weighted by atomic mass is 10.1. The van der Waals surface area contributed by atoms with Crippen LogP contribution in [0.15, 0.2) is 22.7 Å². The third-order valence-corrected chi connectivity index (χ3v) is 5.00. The minimum absolute atomic E-state index is 0.204. The molecule has 1 heterocycles. The van der Waals surface area contributed by atoms with Crippen LogP contribution < -0.4 is 10.6 Å². The fourth-order valence-electron chi connectivity index (χ4n) is 3.51. The van der Waals surface area contributed by atoms with Crippen molar-refractivity contribution in [1.82, 2.24) is 0 Å². The number of nitrogens with two attached hydrogens (primary N) is 1. The van der Waals surface area contributed by atoms with Gasteiger partial charge < -0.3 is 15.4 Å². The summed E-state index contributed by atoms with van der Waals surface area (Å²) in [7, 11) is 0. The van der Waals surface area contributed by atoms with Gasteiger partial charge in [-0.2, -0.15) is 0 Å². The summed E-state index contributed by atoms with van der Waals surface area (Å²) in [6.07, 6.45) is 5.10. The monoisotopic (exact) mass is 338 g/mol. The highest BCUT2D eigenvalue weighted by molar-refractivity contribution is 9.10. The number of halogens is 1. The van der Waals surface area contributed by atoms with Crippen molar-refractivity contribution in [2.75, 3.05) is 18.1 Å². The number of nitrogens with zero attached hydrogens (tertiary/aromatic N) is 1. The average molecular weight is 339 g/mol. The van der Waals surface area contributed by atoms with Crippen molar-refractivity contribution in [3.05, 3.63) is 28.2 Å². The Hall–Kier alpha value is -0.580. The van der Waals surface area contributed by atoms with Crippen molar-refractivity contribution in [2.45, 2.75) is 50.8 Å². The lowest BCUT2D eigenvalue weighted by molar-refractivity contribution is 0.0256. The Kier molecular flexibility index (Phi) is 4.34. The van der Waals surface area contributed by atoms with Crippen molar-refractivity contribution >= 4 is 21.6 Å². The molecule has 2 fully saturated rings. The summed E-state index contributed by atoms with van der Waals surface area (Å²) < 4.78 is 7.08. The standard InChI is InChI=1S/C16H23BrN2O/c1-11(18)9-12-5-6-14(13(17)10-12)19-7-8-20-16-4-2-3-15(16)19/h5-6,10-11,15-16H,2-4,7-9,18H2,1H3. The maximum atomic E-state index is 5.90. The molecule has 1 aromatic rings. The molecule has 1 saturated carbocycles. The number of hydrogen-bond donors (Lipinski definition) is 1. The first-order valence-corrected chi connectivity index (χ1v) is 8.36. The first kappa shape index (κ1) is 14.4. The molecule has 2 aliphatic rings. The van der Waals surface area contributed by atoms with Gasteiger partial charge in [-0.15, -0.1) is 0 Å². The molecule has 0 spiro atoms. The Morgan fingerprint density at radius 1 is 1.45 bits per heavy atom. The molecule has 2 N–H and O–H groups in total. The predicted octanol–water partition coefficient (Wildman–Crippen LogP) is 3.10. The van der Waals surface area contributed by atoms with Gasteiger partial charge in [-0.25, -0.2) is 0 Å². The lowest BCUT2D eigenvalue weighted by Crippen LogP contribution is -2.48. The second-order valence-electron chi connectivity index (χ2n) is 6.07. The van der Waals surface area contributed by atoms with Crippen LogP contribution >= 0.6 is 15.9 Å². The summed E-state index contributed by atoms with van der Waals surface area (Å²) in [4.78, 5) is 2.53. The Balaban J connectivity index is 1.82. The topological polar surface area (TPSA) is 38.5 Å². The predicted molar refractivity (Wildman–Crippen MR) is 86.2 cm³/mol. The molecule has 1 saturated heterocycles. The van der Waals surface area contributed by atoms with Crippen molar-refractivity contribution in [3.8, 4) is 0 Å². The number of anilines is 1. The largest absolute Gasteiger partial charge is 0.374 e. The quantitative estimate of drug-likeness (QED) is 0.920. The van der Waals surface area contributed by atoms with Crippen LogP contribution in [0, 0.1) is 0 Å². The van der Waals surface area contributed by atoms with Crippen LogP contribution in [0.3, 0.4) is 0 Å². The molecule has 0 bridgehead atoms. The van der Waals surface area contributed by atoms with Gasteiger partial charge in [-0.05, 0) is 66.2 Å². The summed E-state index contributed by atoms with van der Waals surface area (Å²) in [5.41, 5.74) is 8.49. The number of ether oxygens (including phenoxy) is 1. The average Bonchev–Trinajstić information content (AvgIpc) is 2.86. The second-order valence-corrected chi connectivity index (χ2v) is 6.92. The van der Waals surface area contributed by atoms with Gasteiger partial charge in [0.05, 0.1) is 24.4 Å². The van der Waals surface area contributed by atoms with Gasteiger partial charge in [-0.3, -0.25) is 0 Å². The van der Waals surface area contributed by atoms with Gasteiger partial charge in [0.15, 0.2) is 0 Å². The van der Waals surface area contributed by atoms with Crippen LogP contribution in [0.4, 0.5) is 5.69 Å². The van der Waals surface area contributed by atoms with Crippen LogP contribution in [0.5, 0.6) is 0 Å². The van der Waals surface area contributed by atoms with Crippen molar-refractivity contribution < 1.29 is 4.74 Å². The fourth-order valence-corrected chi connectivity index (χ4v) is 4.16. The van der Waals surface area contributed by atoms with E-state index in [4.69, 9.17) is 10.5 Å². The molecule has 3 nitrogen and oxygen atoms in total. The smallest absolute Gasteiger partial charge is 0.0779 e. The van der Waals surface area contributed by atoms with Crippen LogP contribution in [-0.2, 0) is 11.2 Å². The van der Waals surface area contributed by atoms with Gasteiger partial charge in [-0.1, -0.05) is 6.07 Å². The molecule has 3 unspecified atom stereocenters. The van der Waals surface area contributed by atoms with E-state index in [1.54, 1.807) is 0 Å². The van der Waals surface area contributed by atoms with Crippen LogP contribution in [0.1, 0.15) is 31.7 Å². The fraction of sp³-hybridized carbons (Fsp3) is 0.625. The molecule has 3 atom stereocenters. The van der Waals surface area contributed by atoms with E-state index in [2.05, 4.69) is 39.0 Å². The van der Waals surface area contributed by atoms with E-state index in [9.17, 15) is 0 Å². The third-order valence-electron chi connectivity index (χ3n) is 4.36. The van der Waals surface area contributed by atoms with Gasteiger partial charge in [0.1, 0.15) is 0 Å². The van der Waals surface area contributed by atoms with E-state index < -0.39 is 0 Å². The number of rotatable bonds is 3. The molecule has 0 aromatic heterocycles. The molecule has 20 heavy (non-hydrogen) atoms. The maximum absolute atomic E-state index is 5.90. The van der Waals surface area contributed by atoms with E-state index >= 15 is 0 Å². The summed E-state index contributed by atoms with van der Waals surface area (Å²) in [6, 6.07) is 7.43. The molecule has 0 amide bonds. The first-order valence-electron chi connectivity index (χ1n) is 7.57. The second kappa shape index (κ2) is 6.04. The zero-order chi connectivity index (χ0) is 14.1. The summed E-state index contributed by atoms with van der Waals surface area (Å²) in [5.74, 6) is 0. The molecule has 4 heteroatoms. The molecule has 0 radical (unpaired) electrons. The number of hydrogen-bond acceptors (Lipinski definition) is 3. The summed E-state index contributed by atoms with van der Waals surface area (Å²) in [6.45, 7) is 3.88. The minimum Gasteiger partial charge on any atom is -0.374 e. The van der Waals surface area contributed by atoms with Crippen molar-refractivity contribution in [3.63, 3.8) is 0 Å². The zero-order valence-corrected chi connectivity index (χ0v) is 13.6. The molecule has 1 aliphatic carbocycles. The van der Waals surface area contributed by atoms with Gasteiger partial charge in [0.2, 0.25) is 0 Å². The van der Waals surface area contributed by atoms with E-state index in [1.807, 2.05) is 6.92 Å². The van der Waals surface area contributed by atoms with E-state index in [0.29, 0.717) is 12.1 Å². The van der Waals surface area contributed by atoms with Crippen LogP contribution in [0.2, 0.25) is 0 Å². The van der Waals surface area contributed by atoms with Gasteiger partial charge >= 0.3 is 0 Å². The first-order chi connectivity index (χ1) is 9.65. The normalized spacial score (nSPS) is 27.4.